The molecular weight excluding hydrogens is 378 g/mol. The van der Waals surface area contributed by atoms with Crippen LogP contribution >= 0.6 is 0 Å². The maximum atomic E-state index is 12.8. The number of aromatic nitrogens is 2. The Morgan fingerprint density at radius 3 is 2.03 bits per heavy atom. The van der Waals surface area contributed by atoms with Gasteiger partial charge in [0.05, 0.1) is 0 Å². The van der Waals surface area contributed by atoms with E-state index in [1.165, 1.54) is 25.7 Å². The molecule has 2 fully saturated rings. The van der Waals surface area contributed by atoms with Crippen LogP contribution in [0.15, 0.2) is 46.9 Å². The van der Waals surface area contributed by atoms with E-state index in [-0.39, 0.29) is 5.91 Å². The van der Waals surface area contributed by atoms with Gasteiger partial charge in [0.2, 0.25) is 0 Å². The minimum Gasteiger partial charge on any atom is -0.451 e. The van der Waals surface area contributed by atoms with Gasteiger partial charge in [0.1, 0.15) is 5.58 Å². The second-order valence-electron chi connectivity index (χ2n) is 8.08. The highest BCUT2D eigenvalue weighted by Gasteiger charge is 2.25. The summed E-state index contributed by atoms with van der Waals surface area (Å²) in [6.07, 6.45) is 5.06. The quantitative estimate of drug-likeness (QED) is 0.664. The normalized spacial score (nSPS) is 17.9. The van der Waals surface area contributed by atoms with Crippen LogP contribution < -0.4 is 9.80 Å². The standard InChI is InChI=1S/C23H27N5O2/c29-23(20-17-18-7-3-4-8-19(18)30-20)28-15-13-27(14-16-28)22-10-9-21(24-25-22)26-11-5-1-2-6-12-26/h3-4,7-10,17H,1-2,5-6,11-16H2. The number of nitrogens with zero attached hydrogens (tertiary/aromatic N) is 5. The van der Waals surface area contributed by atoms with Crippen molar-refractivity contribution in [3.8, 4) is 0 Å². The van der Waals surface area contributed by atoms with Gasteiger partial charge in [0, 0.05) is 44.7 Å². The molecule has 1 aromatic carbocycles. The number of hydrogen-bond acceptors (Lipinski definition) is 6. The Hall–Kier alpha value is -3.09. The van der Waals surface area contributed by atoms with E-state index >= 15 is 0 Å². The van der Waals surface area contributed by atoms with Gasteiger partial charge in [0.25, 0.3) is 5.91 Å². The van der Waals surface area contributed by atoms with E-state index in [4.69, 9.17) is 4.42 Å². The number of piperazine rings is 1. The fraction of sp³-hybridized carbons (Fsp3) is 0.435. The van der Waals surface area contributed by atoms with Crippen LogP contribution in [0, 0.1) is 0 Å². The first-order valence-electron chi connectivity index (χ1n) is 10.9. The molecule has 2 saturated heterocycles. The van der Waals surface area contributed by atoms with Crippen molar-refractivity contribution in [3.05, 3.63) is 48.2 Å². The molecule has 0 aliphatic carbocycles. The highest BCUT2D eigenvalue weighted by molar-refractivity contribution is 5.96. The number of carbonyl (C=O) groups excluding carboxylic acids is 1. The number of benzene rings is 1. The zero-order valence-corrected chi connectivity index (χ0v) is 17.2. The molecule has 5 rings (SSSR count). The second kappa shape index (κ2) is 8.34. The number of furan rings is 1. The SMILES string of the molecule is O=C(c1cc2ccccc2o1)N1CCN(c2ccc(N3CCCCCC3)nn2)CC1. The lowest BCUT2D eigenvalue weighted by Crippen LogP contribution is -2.49. The minimum atomic E-state index is -0.0477. The molecule has 3 aromatic rings. The number of fused-ring (bicyclic) bond motifs is 1. The molecule has 30 heavy (non-hydrogen) atoms. The van der Waals surface area contributed by atoms with Gasteiger partial charge in [-0.05, 0) is 37.1 Å². The molecular formula is C23H27N5O2. The Balaban J connectivity index is 1.20. The van der Waals surface area contributed by atoms with Gasteiger partial charge in [0.15, 0.2) is 17.4 Å². The monoisotopic (exact) mass is 405 g/mol. The third-order valence-corrected chi connectivity index (χ3v) is 6.09. The van der Waals surface area contributed by atoms with Gasteiger partial charge < -0.3 is 19.1 Å². The zero-order chi connectivity index (χ0) is 20.3. The number of hydrogen-bond donors (Lipinski definition) is 0. The molecule has 4 heterocycles. The van der Waals surface area contributed by atoms with Crippen LogP contribution in [0.2, 0.25) is 0 Å². The van der Waals surface area contributed by atoms with E-state index in [1.807, 2.05) is 35.2 Å². The molecule has 2 aromatic heterocycles. The highest BCUT2D eigenvalue weighted by atomic mass is 16.3. The molecule has 0 bridgehead atoms. The average Bonchev–Trinajstić information content (AvgIpc) is 3.05. The summed E-state index contributed by atoms with van der Waals surface area (Å²) in [5.74, 6) is 2.21. The van der Waals surface area contributed by atoms with Crippen LogP contribution in [0.25, 0.3) is 11.0 Å². The Morgan fingerprint density at radius 2 is 1.40 bits per heavy atom. The third kappa shape index (κ3) is 3.84. The van der Waals surface area contributed by atoms with Crippen LogP contribution in [0.5, 0.6) is 0 Å². The van der Waals surface area contributed by atoms with E-state index in [0.29, 0.717) is 18.8 Å². The first-order chi connectivity index (χ1) is 14.8. The number of rotatable bonds is 3. The number of anilines is 2. The van der Waals surface area contributed by atoms with E-state index in [2.05, 4.69) is 32.1 Å². The van der Waals surface area contributed by atoms with Crippen LogP contribution in [-0.4, -0.2) is 60.3 Å². The van der Waals surface area contributed by atoms with Crippen molar-refractivity contribution in [3.63, 3.8) is 0 Å². The number of carbonyl (C=O) groups is 1. The van der Waals surface area contributed by atoms with Crippen molar-refractivity contribution in [1.82, 2.24) is 15.1 Å². The van der Waals surface area contributed by atoms with Crippen molar-refractivity contribution in [2.75, 3.05) is 49.1 Å². The first kappa shape index (κ1) is 18.9. The Labute approximate surface area is 176 Å². The Bertz CT molecular complexity index is 967. The predicted octanol–water partition coefficient (Wildman–Crippen LogP) is 3.57. The van der Waals surface area contributed by atoms with Gasteiger partial charge in [-0.1, -0.05) is 31.0 Å². The van der Waals surface area contributed by atoms with E-state index in [1.54, 1.807) is 0 Å². The summed E-state index contributed by atoms with van der Waals surface area (Å²) in [5.41, 5.74) is 0.749. The average molecular weight is 406 g/mol. The molecule has 7 heteroatoms. The smallest absolute Gasteiger partial charge is 0.289 e. The number of amides is 1. The molecule has 7 nitrogen and oxygen atoms in total. The van der Waals surface area contributed by atoms with Crippen LogP contribution in [0.4, 0.5) is 11.6 Å². The topological polar surface area (TPSA) is 65.7 Å². The molecule has 0 unspecified atom stereocenters. The van der Waals surface area contributed by atoms with Crippen molar-refractivity contribution in [1.29, 1.82) is 0 Å². The summed E-state index contributed by atoms with van der Waals surface area (Å²) in [4.78, 5) is 19.2. The summed E-state index contributed by atoms with van der Waals surface area (Å²) in [7, 11) is 0. The molecule has 2 aliphatic heterocycles. The molecule has 2 aliphatic rings. The van der Waals surface area contributed by atoms with Gasteiger partial charge in [-0.25, -0.2) is 0 Å². The van der Waals surface area contributed by atoms with Crippen molar-refractivity contribution < 1.29 is 9.21 Å². The molecule has 0 radical (unpaired) electrons. The van der Waals surface area contributed by atoms with Crippen molar-refractivity contribution in [2.24, 2.45) is 0 Å². The fourth-order valence-corrected chi connectivity index (χ4v) is 4.34. The maximum Gasteiger partial charge on any atom is 0.289 e. The van der Waals surface area contributed by atoms with Crippen molar-refractivity contribution >= 4 is 28.5 Å². The van der Waals surface area contributed by atoms with E-state index < -0.39 is 0 Å². The molecule has 0 atom stereocenters. The van der Waals surface area contributed by atoms with Crippen LogP contribution in [-0.2, 0) is 0 Å². The fourth-order valence-electron chi connectivity index (χ4n) is 4.34. The van der Waals surface area contributed by atoms with Gasteiger partial charge >= 0.3 is 0 Å². The second-order valence-corrected chi connectivity index (χ2v) is 8.08. The maximum absolute atomic E-state index is 12.8. The molecule has 0 spiro atoms. The summed E-state index contributed by atoms with van der Waals surface area (Å²) < 4.78 is 5.74. The van der Waals surface area contributed by atoms with Crippen LogP contribution in [0.3, 0.4) is 0 Å². The summed E-state index contributed by atoms with van der Waals surface area (Å²) in [6, 6.07) is 13.7. The molecule has 1 amide bonds. The summed E-state index contributed by atoms with van der Waals surface area (Å²) in [6.45, 7) is 4.90. The van der Waals surface area contributed by atoms with Gasteiger partial charge in [-0.15, -0.1) is 10.2 Å². The van der Waals surface area contributed by atoms with Crippen LogP contribution in [0.1, 0.15) is 36.2 Å². The Kier molecular flexibility index (Phi) is 5.26. The predicted molar refractivity (Wildman–Crippen MR) is 117 cm³/mol. The highest BCUT2D eigenvalue weighted by Crippen LogP contribution is 2.22. The Morgan fingerprint density at radius 1 is 0.767 bits per heavy atom. The molecule has 0 saturated carbocycles. The summed E-state index contributed by atoms with van der Waals surface area (Å²) in [5, 5.41) is 9.92. The minimum absolute atomic E-state index is 0.0477. The van der Waals surface area contributed by atoms with Crippen molar-refractivity contribution in [2.45, 2.75) is 25.7 Å². The lowest BCUT2D eigenvalue weighted by molar-refractivity contribution is 0.0717. The lowest BCUT2D eigenvalue weighted by atomic mass is 10.2. The van der Waals surface area contributed by atoms with Gasteiger partial charge in [-0.3, -0.25) is 4.79 Å². The molecule has 0 N–H and O–H groups in total. The summed E-state index contributed by atoms with van der Waals surface area (Å²) >= 11 is 0. The van der Waals surface area contributed by atoms with Gasteiger partial charge in [-0.2, -0.15) is 0 Å². The first-order valence-corrected chi connectivity index (χ1v) is 10.9. The largest absolute Gasteiger partial charge is 0.451 e. The van der Waals surface area contributed by atoms with E-state index in [0.717, 1.165) is 48.8 Å². The van der Waals surface area contributed by atoms with E-state index in [9.17, 15) is 4.79 Å². The molecule has 156 valence electrons. The lowest BCUT2D eigenvalue weighted by Gasteiger charge is -2.34. The zero-order valence-electron chi connectivity index (χ0n) is 17.2. The third-order valence-electron chi connectivity index (χ3n) is 6.09. The number of para-hydroxylation sites is 1.